The predicted molar refractivity (Wildman–Crippen MR) is 119 cm³/mol. The van der Waals surface area contributed by atoms with Gasteiger partial charge in [0.05, 0.1) is 6.42 Å². The lowest BCUT2D eigenvalue weighted by Gasteiger charge is -2.33. The van der Waals surface area contributed by atoms with E-state index in [9.17, 15) is 9.59 Å². The highest BCUT2D eigenvalue weighted by Gasteiger charge is 2.30. The van der Waals surface area contributed by atoms with Gasteiger partial charge in [0.15, 0.2) is 0 Å². The second-order valence-electron chi connectivity index (χ2n) is 8.77. The van der Waals surface area contributed by atoms with Crippen LogP contribution in [0.15, 0.2) is 48.5 Å². The molecule has 0 bridgehead atoms. The largest absolute Gasteiger partial charge is 0.350 e. The lowest BCUT2D eigenvalue weighted by molar-refractivity contribution is -0.141. The van der Waals surface area contributed by atoms with Gasteiger partial charge in [0.25, 0.3) is 0 Å². The van der Waals surface area contributed by atoms with Gasteiger partial charge in [0.1, 0.15) is 6.04 Å². The molecular formula is C25H34N2O2. The minimum absolute atomic E-state index is 0.0342. The summed E-state index contributed by atoms with van der Waals surface area (Å²) < 4.78 is 0. The van der Waals surface area contributed by atoms with E-state index in [1.54, 1.807) is 4.90 Å². The summed E-state index contributed by atoms with van der Waals surface area (Å²) in [5, 5.41) is 3.04. The van der Waals surface area contributed by atoms with Gasteiger partial charge in [-0.15, -0.1) is 0 Å². The van der Waals surface area contributed by atoms with Crippen LogP contribution in [0.1, 0.15) is 56.4 Å². The lowest BCUT2D eigenvalue weighted by atomic mass is 10.0. The van der Waals surface area contributed by atoms with Gasteiger partial charge in [-0.2, -0.15) is 0 Å². The monoisotopic (exact) mass is 394 g/mol. The van der Waals surface area contributed by atoms with E-state index in [1.165, 1.54) is 11.1 Å². The number of carbonyl (C=O) groups excluding carboxylic acids is 2. The van der Waals surface area contributed by atoms with E-state index in [2.05, 4.69) is 25.2 Å². The zero-order valence-electron chi connectivity index (χ0n) is 18.6. The molecular weight excluding hydrogens is 360 g/mol. The molecule has 0 fully saturated rings. The van der Waals surface area contributed by atoms with Crippen molar-refractivity contribution in [3.8, 4) is 0 Å². The molecule has 4 heteroatoms. The summed E-state index contributed by atoms with van der Waals surface area (Å²) in [4.78, 5) is 28.0. The molecule has 2 aromatic rings. The number of hydrogen-bond donors (Lipinski definition) is 1. The van der Waals surface area contributed by atoms with Gasteiger partial charge in [-0.25, -0.2) is 0 Å². The maximum atomic E-state index is 13.3. The van der Waals surface area contributed by atoms with Gasteiger partial charge in [-0.1, -0.05) is 55.5 Å². The Balaban J connectivity index is 2.30. The topological polar surface area (TPSA) is 49.4 Å². The Bertz CT molecular complexity index is 838. The van der Waals surface area contributed by atoms with Crippen LogP contribution in [0.5, 0.6) is 0 Å². The standard InChI is InChI=1S/C25H34N2O2/c1-7-22(24(29)26-25(4,5)6)27(17-20-11-9-8-10-12-20)23(28)16-21-14-13-18(2)19(3)15-21/h8-15,22H,7,16-17H2,1-6H3,(H,26,29)/t22-/m1/s1. The van der Waals surface area contributed by atoms with E-state index in [0.717, 1.165) is 11.1 Å². The molecule has 156 valence electrons. The molecule has 1 N–H and O–H groups in total. The van der Waals surface area contributed by atoms with E-state index in [-0.39, 0.29) is 23.8 Å². The van der Waals surface area contributed by atoms with E-state index >= 15 is 0 Å². The smallest absolute Gasteiger partial charge is 0.243 e. The highest BCUT2D eigenvalue weighted by atomic mass is 16.2. The molecule has 2 aromatic carbocycles. The molecule has 0 radical (unpaired) electrons. The predicted octanol–water partition coefficient (Wildman–Crippen LogP) is 4.57. The SMILES string of the molecule is CC[C@H](C(=O)NC(C)(C)C)N(Cc1ccccc1)C(=O)Cc1ccc(C)c(C)c1. The van der Waals surface area contributed by atoms with Crippen molar-refractivity contribution in [1.82, 2.24) is 10.2 Å². The van der Waals surface area contributed by atoms with Gasteiger partial charge in [0, 0.05) is 12.1 Å². The second kappa shape index (κ2) is 9.73. The molecule has 0 aromatic heterocycles. The van der Waals surface area contributed by atoms with E-state index < -0.39 is 6.04 Å². The van der Waals surface area contributed by atoms with Crippen LogP contribution >= 0.6 is 0 Å². The second-order valence-corrected chi connectivity index (χ2v) is 8.77. The zero-order valence-corrected chi connectivity index (χ0v) is 18.6. The summed E-state index contributed by atoms with van der Waals surface area (Å²) in [6.07, 6.45) is 0.848. The molecule has 0 aliphatic carbocycles. The molecule has 29 heavy (non-hydrogen) atoms. The van der Waals surface area contributed by atoms with Crippen LogP contribution in [0.2, 0.25) is 0 Å². The van der Waals surface area contributed by atoms with E-state index in [1.807, 2.05) is 70.2 Å². The molecule has 0 saturated heterocycles. The van der Waals surface area contributed by atoms with E-state index in [0.29, 0.717) is 13.0 Å². The number of nitrogens with zero attached hydrogens (tertiary/aromatic N) is 1. The van der Waals surface area contributed by atoms with Gasteiger partial charge in [-0.05, 0) is 63.3 Å². The first-order valence-electron chi connectivity index (χ1n) is 10.3. The third-order valence-corrected chi connectivity index (χ3v) is 5.01. The Kier molecular flexibility index (Phi) is 7.60. The van der Waals surface area contributed by atoms with Crippen molar-refractivity contribution in [3.63, 3.8) is 0 Å². The third kappa shape index (κ3) is 6.74. The number of carbonyl (C=O) groups is 2. The van der Waals surface area contributed by atoms with Gasteiger partial charge >= 0.3 is 0 Å². The van der Waals surface area contributed by atoms with Gasteiger partial charge < -0.3 is 10.2 Å². The Hall–Kier alpha value is -2.62. The van der Waals surface area contributed by atoms with Gasteiger partial charge in [-0.3, -0.25) is 9.59 Å². The van der Waals surface area contributed by atoms with Crippen LogP contribution < -0.4 is 5.32 Å². The molecule has 0 heterocycles. The molecule has 1 atom stereocenters. The highest BCUT2D eigenvalue weighted by molar-refractivity contribution is 5.88. The zero-order chi connectivity index (χ0) is 21.6. The van der Waals surface area contributed by atoms with E-state index in [4.69, 9.17) is 0 Å². The maximum absolute atomic E-state index is 13.3. The summed E-state index contributed by atoms with van der Waals surface area (Å²) in [5.74, 6) is -0.141. The Morgan fingerprint density at radius 1 is 0.966 bits per heavy atom. The van der Waals surface area contributed by atoms with Crippen LogP contribution in [0.25, 0.3) is 0 Å². The summed E-state index contributed by atoms with van der Waals surface area (Å²) in [6, 6.07) is 15.4. The molecule has 0 aliphatic heterocycles. The van der Waals surface area contributed by atoms with Crippen molar-refractivity contribution < 1.29 is 9.59 Å². The molecule has 0 spiro atoms. The fourth-order valence-corrected chi connectivity index (χ4v) is 3.34. The van der Waals surface area contributed by atoms with Crippen molar-refractivity contribution in [1.29, 1.82) is 0 Å². The number of rotatable bonds is 7. The molecule has 2 rings (SSSR count). The average Bonchev–Trinajstić information content (AvgIpc) is 2.64. The van der Waals surface area contributed by atoms with Crippen molar-refractivity contribution in [2.45, 2.75) is 72.5 Å². The minimum Gasteiger partial charge on any atom is -0.350 e. The minimum atomic E-state index is -0.506. The third-order valence-electron chi connectivity index (χ3n) is 5.01. The summed E-state index contributed by atoms with van der Waals surface area (Å²) in [7, 11) is 0. The maximum Gasteiger partial charge on any atom is 0.243 e. The quantitative estimate of drug-likeness (QED) is 0.748. The van der Waals surface area contributed by atoms with Crippen LogP contribution in [0.3, 0.4) is 0 Å². The number of hydrogen-bond acceptors (Lipinski definition) is 2. The van der Waals surface area contributed by atoms with Crippen LogP contribution in [-0.4, -0.2) is 28.3 Å². The van der Waals surface area contributed by atoms with Crippen LogP contribution in [-0.2, 0) is 22.6 Å². The molecule has 4 nitrogen and oxygen atoms in total. The van der Waals surface area contributed by atoms with Crippen molar-refractivity contribution in [3.05, 3.63) is 70.8 Å². The number of aryl methyl sites for hydroxylation is 2. The molecule has 0 saturated carbocycles. The fourth-order valence-electron chi connectivity index (χ4n) is 3.34. The summed E-state index contributed by atoms with van der Waals surface area (Å²) >= 11 is 0. The Labute approximate surface area is 175 Å². The first-order valence-corrected chi connectivity index (χ1v) is 10.3. The Morgan fingerprint density at radius 3 is 2.17 bits per heavy atom. The Morgan fingerprint density at radius 2 is 1.62 bits per heavy atom. The van der Waals surface area contributed by atoms with Gasteiger partial charge in [0.2, 0.25) is 11.8 Å². The van der Waals surface area contributed by atoms with Crippen molar-refractivity contribution in [2.75, 3.05) is 0 Å². The normalized spacial score (nSPS) is 12.3. The lowest BCUT2D eigenvalue weighted by Crippen LogP contribution is -2.53. The molecule has 2 amide bonds. The number of amides is 2. The first-order chi connectivity index (χ1) is 13.6. The number of benzene rings is 2. The highest BCUT2D eigenvalue weighted by Crippen LogP contribution is 2.17. The summed E-state index contributed by atoms with van der Waals surface area (Å²) in [6.45, 7) is 12.3. The van der Waals surface area contributed by atoms with Crippen molar-refractivity contribution in [2.24, 2.45) is 0 Å². The fraction of sp³-hybridized carbons (Fsp3) is 0.440. The van der Waals surface area contributed by atoms with Crippen LogP contribution in [0, 0.1) is 13.8 Å². The average molecular weight is 395 g/mol. The number of nitrogens with one attached hydrogen (secondary N) is 1. The van der Waals surface area contributed by atoms with Crippen LogP contribution in [0.4, 0.5) is 0 Å². The molecule has 0 unspecified atom stereocenters. The molecule has 0 aliphatic rings. The summed E-state index contributed by atoms with van der Waals surface area (Å²) in [5.41, 5.74) is 4.02. The van der Waals surface area contributed by atoms with Crippen molar-refractivity contribution >= 4 is 11.8 Å². The first kappa shape index (κ1) is 22.7.